The van der Waals surface area contributed by atoms with Crippen LogP contribution in [-0.4, -0.2) is 33.6 Å². The fraction of sp³-hybridized carbons (Fsp3) is 0.167. The summed E-state index contributed by atoms with van der Waals surface area (Å²) in [5.74, 6) is 5.01. The number of nitrogen functional groups attached to an aromatic ring is 1. The molecule has 0 radical (unpaired) electrons. The van der Waals surface area contributed by atoms with Gasteiger partial charge in [0.05, 0.1) is 12.9 Å². The Morgan fingerprint density at radius 2 is 1.97 bits per heavy atom. The molecule has 0 aliphatic rings. The van der Waals surface area contributed by atoms with E-state index in [4.69, 9.17) is 15.3 Å². The molecule has 0 saturated heterocycles. The second-order valence-electron chi connectivity index (χ2n) is 5.70. The summed E-state index contributed by atoms with van der Waals surface area (Å²) in [6, 6.07) is 10.2. The first-order valence-corrected chi connectivity index (χ1v) is 9.28. The summed E-state index contributed by atoms with van der Waals surface area (Å²) in [6.45, 7) is 0.0677. The van der Waals surface area contributed by atoms with Crippen LogP contribution in [0.25, 0.3) is 0 Å². The molecule has 152 valence electrons. The zero-order valence-corrected chi connectivity index (χ0v) is 16.1. The third kappa shape index (κ3) is 5.35. The van der Waals surface area contributed by atoms with E-state index in [2.05, 4.69) is 15.5 Å². The predicted octanol–water partition coefficient (Wildman–Crippen LogP) is 2.59. The number of carbonyl (C=O) groups is 1. The fourth-order valence-electron chi connectivity index (χ4n) is 2.24. The van der Waals surface area contributed by atoms with Crippen molar-refractivity contribution in [2.24, 2.45) is 0 Å². The van der Waals surface area contributed by atoms with E-state index in [1.54, 1.807) is 31.4 Å². The molecule has 3 aromatic rings. The van der Waals surface area contributed by atoms with Crippen molar-refractivity contribution in [2.75, 3.05) is 24.0 Å². The Morgan fingerprint density at radius 1 is 1.17 bits per heavy atom. The van der Waals surface area contributed by atoms with E-state index in [9.17, 15) is 13.6 Å². The van der Waals surface area contributed by atoms with Gasteiger partial charge in [0, 0.05) is 17.8 Å². The third-order valence-corrected chi connectivity index (χ3v) is 4.62. The fourth-order valence-corrected chi connectivity index (χ4v) is 2.92. The first kappa shape index (κ1) is 20.4. The van der Waals surface area contributed by atoms with E-state index in [-0.39, 0.29) is 18.0 Å². The van der Waals surface area contributed by atoms with Crippen LogP contribution in [0.3, 0.4) is 0 Å². The second-order valence-corrected chi connectivity index (χ2v) is 6.64. The van der Waals surface area contributed by atoms with Gasteiger partial charge in [-0.25, -0.2) is 13.5 Å². The molecule has 1 heterocycles. The number of hydrogen-bond donors (Lipinski definition) is 2. The van der Waals surface area contributed by atoms with Crippen LogP contribution >= 0.6 is 11.8 Å². The SMILES string of the molecule is COc1cccc(OCc2nnc(SCC(=O)Nc3ccc(F)c(F)c3)n2N)c1. The van der Waals surface area contributed by atoms with Crippen LogP contribution in [0.5, 0.6) is 11.5 Å². The van der Waals surface area contributed by atoms with Crippen LogP contribution in [0.15, 0.2) is 47.6 Å². The number of rotatable bonds is 8. The van der Waals surface area contributed by atoms with E-state index >= 15 is 0 Å². The van der Waals surface area contributed by atoms with Crippen molar-refractivity contribution in [3.63, 3.8) is 0 Å². The molecule has 0 aliphatic carbocycles. The molecule has 1 aromatic heterocycles. The number of halogens is 2. The Bertz CT molecular complexity index is 1010. The monoisotopic (exact) mass is 421 g/mol. The van der Waals surface area contributed by atoms with Crippen molar-refractivity contribution >= 4 is 23.4 Å². The van der Waals surface area contributed by atoms with Crippen molar-refractivity contribution in [1.29, 1.82) is 0 Å². The lowest BCUT2D eigenvalue weighted by molar-refractivity contribution is -0.113. The number of hydrogen-bond acceptors (Lipinski definition) is 7. The first-order valence-electron chi connectivity index (χ1n) is 8.30. The van der Waals surface area contributed by atoms with Crippen LogP contribution in [0.4, 0.5) is 14.5 Å². The normalized spacial score (nSPS) is 10.6. The van der Waals surface area contributed by atoms with Gasteiger partial charge in [-0.1, -0.05) is 17.8 Å². The smallest absolute Gasteiger partial charge is 0.234 e. The molecule has 0 saturated carbocycles. The quantitative estimate of drug-likeness (QED) is 0.426. The Kier molecular flexibility index (Phi) is 6.50. The topological polar surface area (TPSA) is 104 Å². The van der Waals surface area contributed by atoms with Crippen LogP contribution in [-0.2, 0) is 11.4 Å². The largest absolute Gasteiger partial charge is 0.497 e. The van der Waals surface area contributed by atoms with Gasteiger partial charge in [0.2, 0.25) is 11.1 Å². The number of aromatic nitrogens is 3. The van der Waals surface area contributed by atoms with Crippen LogP contribution < -0.4 is 20.6 Å². The first-order chi connectivity index (χ1) is 14.0. The highest BCUT2D eigenvalue weighted by Gasteiger charge is 2.14. The number of anilines is 1. The van der Waals surface area contributed by atoms with Gasteiger partial charge in [0.15, 0.2) is 17.5 Å². The molecule has 2 aromatic carbocycles. The average Bonchev–Trinajstić information content (AvgIpc) is 3.07. The van der Waals surface area contributed by atoms with Gasteiger partial charge in [-0.05, 0) is 24.3 Å². The summed E-state index contributed by atoms with van der Waals surface area (Å²) in [4.78, 5) is 12.0. The Morgan fingerprint density at radius 3 is 2.72 bits per heavy atom. The van der Waals surface area contributed by atoms with Gasteiger partial charge in [-0.3, -0.25) is 4.79 Å². The van der Waals surface area contributed by atoms with Crippen LogP contribution in [0.1, 0.15) is 5.82 Å². The molecule has 8 nitrogen and oxygen atoms in total. The number of ether oxygens (including phenoxy) is 2. The highest BCUT2D eigenvalue weighted by Crippen LogP contribution is 2.21. The lowest BCUT2D eigenvalue weighted by Gasteiger charge is -2.08. The van der Waals surface area contributed by atoms with E-state index < -0.39 is 17.5 Å². The maximum absolute atomic E-state index is 13.2. The van der Waals surface area contributed by atoms with Gasteiger partial charge in [0.1, 0.15) is 18.1 Å². The molecule has 0 unspecified atom stereocenters. The Balaban J connectivity index is 1.53. The molecule has 29 heavy (non-hydrogen) atoms. The van der Waals surface area contributed by atoms with Gasteiger partial charge in [0.25, 0.3) is 0 Å². The average molecular weight is 421 g/mol. The molecule has 3 N–H and O–H groups in total. The number of nitrogens with two attached hydrogens (primary N) is 1. The third-order valence-electron chi connectivity index (χ3n) is 3.68. The van der Waals surface area contributed by atoms with E-state index in [0.29, 0.717) is 22.5 Å². The number of nitrogens with one attached hydrogen (secondary N) is 1. The maximum atomic E-state index is 13.2. The highest BCUT2D eigenvalue weighted by molar-refractivity contribution is 7.99. The molecule has 0 atom stereocenters. The van der Waals surface area contributed by atoms with Gasteiger partial charge in [-0.15, -0.1) is 10.2 Å². The summed E-state index contributed by atoms with van der Waals surface area (Å²) in [5, 5.41) is 10.6. The molecule has 0 spiro atoms. The summed E-state index contributed by atoms with van der Waals surface area (Å²) >= 11 is 1.04. The van der Waals surface area contributed by atoms with Gasteiger partial charge >= 0.3 is 0 Å². The number of methoxy groups -OCH3 is 1. The van der Waals surface area contributed by atoms with Gasteiger partial charge < -0.3 is 20.6 Å². The molecule has 1 amide bonds. The minimum atomic E-state index is -1.04. The summed E-state index contributed by atoms with van der Waals surface area (Å²) < 4.78 is 38.1. The Labute approximate surface area is 169 Å². The molecule has 11 heteroatoms. The molecule has 0 fully saturated rings. The Hall–Kier alpha value is -3.34. The molecule has 0 bridgehead atoms. The van der Waals surface area contributed by atoms with Crippen LogP contribution in [0.2, 0.25) is 0 Å². The van der Waals surface area contributed by atoms with E-state index in [1.165, 1.54) is 10.7 Å². The molecular formula is C18H17F2N5O3S. The summed E-state index contributed by atoms with van der Waals surface area (Å²) in [5.41, 5.74) is 0.149. The molecule has 3 rings (SSSR count). The van der Waals surface area contributed by atoms with E-state index in [0.717, 1.165) is 23.9 Å². The van der Waals surface area contributed by atoms with Crippen molar-refractivity contribution in [2.45, 2.75) is 11.8 Å². The summed E-state index contributed by atoms with van der Waals surface area (Å²) in [7, 11) is 1.56. The number of benzene rings is 2. The lowest BCUT2D eigenvalue weighted by Crippen LogP contribution is -2.18. The number of nitrogens with zero attached hydrogens (tertiary/aromatic N) is 3. The lowest BCUT2D eigenvalue weighted by atomic mass is 10.3. The predicted molar refractivity (Wildman–Crippen MR) is 103 cm³/mol. The summed E-state index contributed by atoms with van der Waals surface area (Å²) in [6.07, 6.45) is 0. The van der Waals surface area contributed by atoms with Crippen molar-refractivity contribution in [1.82, 2.24) is 14.9 Å². The van der Waals surface area contributed by atoms with Crippen molar-refractivity contribution in [3.8, 4) is 11.5 Å². The minimum absolute atomic E-state index is 0.0505. The highest BCUT2D eigenvalue weighted by atomic mass is 32.2. The van der Waals surface area contributed by atoms with Gasteiger partial charge in [-0.2, -0.15) is 0 Å². The standard InChI is InChI=1S/C18H17F2N5O3S/c1-27-12-3-2-4-13(8-12)28-9-16-23-24-18(25(16)21)29-10-17(26)22-11-5-6-14(19)15(20)7-11/h2-8H,9-10,21H2,1H3,(H,22,26). The van der Waals surface area contributed by atoms with Crippen molar-refractivity contribution < 1.29 is 23.0 Å². The van der Waals surface area contributed by atoms with E-state index in [1.807, 2.05) is 0 Å². The van der Waals surface area contributed by atoms with Crippen LogP contribution in [0, 0.1) is 11.6 Å². The zero-order chi connectivity index (χ0) is 20.8. The maximum Gasteiger partial charge on any atom is 0.234 e. The molecular weight excluding hydrogens is 404 g/mol. The minimum Gasteiger partial charge on any atom is -0.497 e. The molecule has 0 aliphatic heterocycles. The number of thioether (sulfide) groups is 1. The van der Waals surface area contributed by atoms with Crippen molar-refractivity contribution in [3.05, 3.63) is 59.9 Å². The second kappa shape index (κ2) is 9.24. The number of carbonyl (C=O) groups excluding carboxylic acids is 1. The zero-order valence-electron chi connectivity index (χ0n) is 15.3. The number of amides is 1.